The number of benzene rings is 1. The average Bonchev–Trinajstić information content (AvgIpc) is 2.96. The monoisotopic (exact) mass is 242 g/mol. The highest BCUT2D eigenvalue weighted by Crippen LogP contribution is 2.25. The Balaban J connectivity index is 1.78. The lowest BCUT2D eigenvalue weighted by Gasteiger charge is -2.06. The zero-order valence-electron chi connectivity index (χ0n) is 10.1. The maximum Gasteiger partial charge on any atom is 0.258 e. The fraction of sp³-hybridized carbons (Fsp3) is 0.231. The molecule has 0 spiro atoms. The first-order valence-electron chi connectivity index (χ1n) is 5.89. The van der Waals surface area contributed by atoms with Crippen molar-refractivity contribution in [2.24, 2.45) is 7.05 Å². The van der Waals surface area contributed by atoms with Crippen molar-refractivity contribution < 1.29 is 4.79 Å². The van der Waals surface area contributed by atoms with Gasteiger partial charge in [-0.2, -0.15) is 5.10 Å². The number of rotatable bonds is 2. The molecule has 2 aromatic rings. The molecule has 1 amide bonds. The Bertz CT molecular complexity index is 603. The standard InChI is InChI=1S/C13H14N4O/c1-17-8-10(7-15-17)13(18)16-11-2-3-12-9(6-11)4-5-14-12/h2-3,6-8,14H,4-5H2,1H3,(H,16,18). The summed E-state index contributed by atoms with van der Waals surface area (Å²) in [6.07, 6.45) is 4.26. The van der Waals surface area contributed by atoms with E-state index in [0.29, 0.717) is 5.56 Å². The minimum Gasteiger partial charge on any atom is -0.384 e. The number of carbonyl (C=O) groups is 1. The van der Waals surface area contributed by atoms with Crippen LogP contribution in [0.15, 0.2) is 30.6 Å². The molecule has 2 N–H and O–H groups in total. The number of fused-ring (bicyclic) bond motifs is 1. The molecule has 5 nitrogen and oxygen atoms in total. The molecule has 1 aliphatic rings. The SMILES string of the molecule is Cn1cc(C(=O)Nc2ccc3c(c2)CCN3)cn1. The molecule has 0 saturated carbocycles. The van der Waals surface area contributed by atoms with Gasteiger partial charge >= 0.3 is 0 Å². The normalized spacial score (nSPS) is 12.9. The van der Waals surface area contributed by atoms with Gasteiger partial charge < -0.3 is 10.6 Å². The maximum absolute atomic E-state index is 11.9. The van der Waals surface area contributed by atoms with E-state index in [-0.39, 0.29) is 5.91 Å². The van der Waals surface area contributed by atoms with Crippen LogP contribution in [0, 0.1) is 0 Å². The Morgan fingerprint density at radius 3 is 3.17 bits per heavy atom. The first-order valence-corrected chi connectivity index (χ1v) is 5.89. The van der Waals surface area contributed by atoms with Crippen LogP contribution in [0.3, 0.4) is 0 Å². The smallest absolute Gasteiger partial charge is 0.258 e. The highest BCUT2D eigenvalue weighted by molar-refractivity contribution is 6.04. The first-order chi connectivity index (χ1) is 8.72. The van der Waals surface area contributed by atoms with Crippen LogP contribution in [0.5, 0.6) is 0 Å². The molecule has 3 rings (SSSR count). The lowest BCUT2D eigenvalue weighted by Crippen LogP contribution is -2.11. The third-order valence-corrected chi connectivity index (χ3v) is 3.04. The Labute approximate surface area is 105 Å². The number of hydrogen-bond acceptors (Lipinski definition) is 3. The summed E-state index contributed by atoms with van der Waals surface area (Å²) < 4.78 is 1.61. The van der Waals surface area contributed by atoms with E-state index < -0.39 is 0 Å². The molecule has 0 fully saturated rings. The predicted molar refractivity (Wildman–Crippen MR) is 69.8 cm³/mol. The van der Waals surface area contributed by atoms with E-state index in [0.717, 1.165) is 24.3 Å². The van der Waals surface area contributed by atoms with Crippen LogP contribution < -0.4 is 10.6 Å². The number of amides is 1. The largest absolute Gasteiger partial charge is 0.384 e. The van der Waals surface area contributed by atoms with Crippen LogP contribution in [-0.2, 0) is 13.5 Å². The Hall–Kier alpha value is -2.30. The van der Waals surface area contributed by atoms with Gasteiger partial charge in [0, 0.05) is 31.2 Å². The van der Waals surface area contributed by atoms with Crippen LogP contribution in [0.25, 0.3) is 0 Å². The van der Waals surface area contributed by atoms with E-state index in [1.165, 1.54) is 5.56 Å². The van der Waals surface area contributed by atoms with E-state index in [2.05, 4.69) is 15.7 Å². The number of anilines is 2. The van der Waals surface area contributed by atoms with Gasteiger partial charge in [0.05, 0.1) is 11.8 Å². The average molecular weight is 242 g/mol. The number of aromatic nitrogens is 2. The molecular formula is C13H14N4O. The second-order valence-corrected chi connectivity index (χ2v) is 4.41. The summed E-state index contributed by atoms with van der Waals surface area (Å²) in [4.78, 5) is 11.9. The maximum atomic E-state index is 11.9. The second kappa shape index (κ2) is 4.18. The molecule has 1 aromatic carbocycles. The summed E-state index contributed by atoms with van der Waals surface area (Å²) in [7, 11) is 1.79. The molecule has 0 aliphatic carbocycles. The number of nitrogens with one attached hydrogen (secondary N) is 2. The summed E-state index contributed by atoms with van der Waals surface area (Å²) in [5.74, 6) is -0.131. The summed E-state index contributed by atoms with van der Waals surface area (Å²) >= 11 is 0. The number of carbonyl (C=O) groups excluding carboxylic acids is 1. The van der Waals surface area contributed by atoms with Gasteiger partial charge in [0.15, 0.2) is 0 Å². The minimum atomic E-state index is -0.131. The second-order valence-electron chi connectivity index (χ2n) is 4.41. The molecule has 0 saturated heterocycles. The molecule has 0 bridgehead atoms. The van der Waals surface area contributed by atoms with Crippen LogP contribution in [0.2, 0.25) is 0 Å². The van der Waals surface area contributed by atoms with Crippen molar-refractivity contribution in [1.82, 2.24) is 9.78 Å². The first kappa shape index (κ1) is 10.8. The van der Waals surface area contributed by atoms with E-state index in [9.17, 15) is 4.79 Å². The zero-order chi connectivity index (χ0) is 12.5. The van der Waals surface area contributed by atoms with Gasteiger partial charge in [0.25, 0.3) is 5.91 Å². The van der Waals surface area contributed by atoms with Crippen molar-refractivity contribution in [1.29, 1.82) is 0 Å². The van der Waals surface area contributed by atoms with E-state index in [4.69, 9.17) is 0 Å². The minimum absolute atomic E-state index is 0.131. The van der Waals surface area contributed by atoms with E-state index in [1.807, 2.05) is 18.2 Å². The van der Waals surface area contributed by atoms with Crippen molar-refractivity contribution in [2.75, 3.05) is 17.2 Å². The van der Waals surface area contributed by atoms with Crippen LogP contribution in [0.1, 0.15) is 15.9 Å². The summed E-state index contributed by atoms with van der Waals surface area (Å²) in [6.45, 7) is 0.968. The molecule has 0 radical (unpaired) electrons. The summed E-state index contributed by atoms with van der Waals surface area (Å²) in [6, 6.07) is 5.93. The van der Waals surface area contributed by atoms with Crippen molar-refractivity contribution in [3.8, 4) is 0 Å². The van der Waals surface area contributed by atoms with Gasteiger partial charge in [-0.3, -0.25) is 9.48 Å². The fourth-order valence-electron chi connectivity index (χ4n) is 2.12. The highest BCUT2D eigenvalue weighted by Gasteiger charge is 2.12. The molecule has 1 aliphatic heterocycles. The van der Waals surface area contributed by atoms with Gasteiger partial charge in [0.1, 0.15) is 0 Å². The van der Waals surface area contributed by atoms with Gasteiger partial charge in [-0.05, 0) is 30.2 Å². The van der Waals surface area contributed by atoms with E-state index >= 15 is 0 Å². The van der Waals surface area contributed by atoms with Crippen molar-refractivity contribution in [2.45, 2.75) is 6.42 Å². The quantitative estimate of drug-likeness (QED) is 0.841. The molecule has 1 aromatic heterocycles. The zero-order valence-corrected chi connectivity index (χ0v) is 10.1. The number of aryl methyl sites for hydroxylation is 1. The molecular weight excluding hydrogens is 228 g/mol. The molecule has 2 heterocycles. The number of hydrogen-bond donors (Lipinski definition) is 2. The Morgan fingerprint density at radius 2 is 2.39 bits per heavy atom. The molecule has 92 valence electrons. The third-order valence-electron chi connectivity index (χ3n) is 3.04. The lowest BCUT2D eigenvalue weighted by atomic mass is 10.1. The van der Waals surface area contributed by atoms with Crippen molar-refractivity contribution in [3.05, 3.63) is 41.7 Å². The topological polar surface area (TPSA) is 59.0 Å². The van der Waals surface area contributed by atoms with Crippen LogP contribution in [0.4, 0.5) is 11.4 Å². The van der Waals surface area contributed by atoms with Gasteiger partial charge in [-0.1, -0.05) is 0 Å². The molecule has 5 heteroatoms. The summed E-state index contributed by atoms with van der Waals surface area (Å²) in [5.41, 5.74) is 3.80. The van der Waals surface area contributed by atoms with Gasteiger partial charge in [-0.15, -0.1) is 0 Å². The Morgan fingerprint density at radius 1 is 1.50 bits per heavy atom. The molecule has 0 unspecified atom stereocenters. The number of nitrogens with zero attached hydrogens (tertiary/aromatic N) is 2. The summed E-state index contributed by atoms with van der Waals surface area (Å²) in [5, 5.41) is 10.2. The molecule has 0 atom stereocenters. The Kier molecular flexibility index (Phi) is 2.51. The van der Waals surface area contributed by atoms with Crippen LogP contribution >= 0.6 is 0 Å². The third kappa shape index (κ3) is 1.95. The van der Waals surface area contributed by atoms with Crippen molar-refractivity contribution in [3.63, 3.8) is 0 Å². The molecule has 18 heavy (non-hydrogen) atoms. The van der Waals surface area contributed by atoms with Gasteiger partial charge in [0.2, 0.25) is 0 Å². The van der Waals surface area contributed by atoms with E-state index in [1.54, 1.807) is 24.1 Å². The lowest BCUT2D eigenvalue weighted by molar-refractivity contribution is 0.102. The van der Waals surface area contributed by atoms with Crippen LogP contribution in [-0.4, -0.2) is 22.2 Å². The van der Waals surface area contributed by atoms with Gasteiger partial charge in [-0.25, -0.2) is 0 Å². The fourth-order valence-corrected chi connectivity index (χ4v) is 2.12. The highest BCUT2D eigenvalue weighted by atomic mass is 16.1. The van der Waals surface area contributed by atoms with Crippen molar-refractivity contribution >= 4 is 17.3 Å². The predicted octanol–water partition coefficient (Wildman–Crippen LogP) is 1.64.